The van der Waals surface area contributed by atoms with E-state index in [9.17, 15) is 9.59 Å². The SMILES string of the molecule is CC=CCCCCCCCCOC(=O)C(=O)c1ccccc1. The molecule has 1 aromatic carbocycles. The highest BCUT2D eigenvalue weighted by molar-refractivity contribution is 6.40. The molecule has 0 saturated carbocycles. The molecule has 0 saturated heterocycles. The van der Waals surface area contributed by atoms with Crippen LogP contribution >= 0.6 is 0 Å². The molecule has 0 heterocycles. The predicted molar refractivity (Wildman–Crippen MR) is 88.9 cm³/mol. The van der Waals surface area contributed by atoms with Gasteiger partial charge in [-0.25, -0.2) is 4.79 Å². The summed E-state index contributed by atoms with van der Waals surface area (Å²) in [6.07, 6.45) is 12.2. The first-order valence-corrected chi connectivity index (χ1v) is 8.13. The number of benzene rings is 1. The van der Waals surface area contributed by atoms with E-state index in [1.165, 1.54) is 19.3 Å². The van der Waals surface area contributed by atoms with Gasteiger partial charge in [-0.1, -0.05) is 68.2 Å². The van der Waals surface area contributed by atoms with Gasteiger partial charge in [-0.2, -0.15) is 0 Å². The van der Waals surface area contributed by atoms with E-state index in [1.54, 1.807) is 30.3 Å². The van der Waals surface area contributed by atoms with E-state index in [1.807, 2.05) is 6.92 Å². The van der Waals surface area contributed by atoms with Crippen LogP contribution in [-0.2, 0) is 9.53 Å². The van der Waals surface area contributed by atoms with Crippen LogP contribution in [-0.4, -0.2) is 18.4 Å². The second-order valence-electron chi connectivity index (χ2n) is 5.31. The highest BCUT2D eigenvalue weighted by atomic mass is 16.5. The second kappa shape index (κ2) is 11.7. The average Bonchev–Trinajstić information content (AvgIpc) is 2.56. The van der Waals surface area contributed by atoms with Crippen LogP contribution in [0.1, 0.15) is 62.2 Å². The van der Waals surface area contributed by atoms with E-state index in [0.29, 0.717) is 12.2 Å². The molecule has 3 heteroatoms. The highest BCUT2D eigenvalue weighted by Crippen LogP contribution is 2.08. The summed E-state index contributed by atoms with van der Waals surface area (Å²) < 4.78 is 5.02. The van der Waals surface area contributed by atoms with E-state index < -0.39 is 11.8 Å². The fraction of sp³-hybridized carbons (Fsp3) is 0.474. The van der Waals surface area contributed by atoms with Gasteiger partial charge in [0.25, 0.3) is 5.78 Å². The fourth-order valence-electron chi connectivity index (χ4n) is 2.18. The zero-order valence-electron chi connectivity index (χ0n) is 13.4. The van der Waals surface area contributed by atoms with Crippen LogP contribution in [0, 0.1) is 0 Å². The number of carbonyl (C=O) groups excluding carboxylic acids is 2. The maximum absolute atomic E-state index is 11.8. The molecule has 0 aliphatic rings. The van der Waals surface area contributed by atoms with Crippen molar-refractivity contribution in [1.82, 2.24) is 0 Å². The van der Waals surface area contributed by atoms with Crippen LogP contribution in [0.25, 0.3) is 0 Å². The van der Waals surface area contributed by atoms with Crippen molar-refractivity contribution in [2.75, 3.05) is 6.61 Å². The van der Waals surface area contributed by atoms with Gasteiger partial charge in [0.1, 0.15) is 0 Å². The van der Waals surface area contributed by atoms with Gasteiger partial charge in [0.05, 0.1) is 6.61 Å². The standard InChI is InChI=1S/C19H26O3/c1-2-3-4-5-6-7-8-9-13-16-22-19(21)18(20)17-14-11-10-12-15-17/h2-3,10-12,14-15H,4-9,13,16H2,1H3. The molecular formula is C19H26O3. The summed E-state index contributed by atoms with van der Waals surface area (Å²) in [6.45, 7) is 2.37. The summed E-state index contributed by atoms with van der Waals surface area (Å²) in [5.74, 6) is -1.32. The Labute approximate surface area is 133 Å². The number of unbranched alkanes of at least 4 members (excludes halogenated alkanes) is 6. The summed E-state index contributed by atoms with van der Waals surface area (Å²) in [6, 6.07) is 8.52. The molecule has 0 aliphatic carbocycles. The summed E-state index contributed by atoms with van der Waals surface area (Å²) >= 11 is 0. The number of hydrogen-bond acceptors (Lipinski definition) is 3. The van der Waals surface area contributed by atoms with Crippen molar-refractivity contribution in [3.63, 3.8) is 0 Å². The zero-order valence-corrected chi connectivity index (χ0v) is 13.4. The van der Waals surface area contributed by atoms with Crippen molar-refractivity contribution >= 4 is 11.8 Å². The minimum Gasteiger partial charge on any atom is -0.460 e. The molecular weight excluding hydrogens is 276 g/mol. The number of carbonyl (C=O) groups is 2. The molecule has 22 heavy (non-hydrogen) atoms. The second-order valence-corrected chi connectivity index (χ2v) is 5.31. The van der Waals surface area contributed by atoms with Gasteiger partial charge in [-0.15, -0.1) is 0 Å². The summed E-state index contributed by atoms with van der Waals surface area (Å²) in [7, 11) is 0. The maximum Gasteiger partial charge on any atom is 0.379 e. The summed E-state index contributed by atoms with van der Waals surface area (Å²) in [5.41, 5.74) is 0.383. The molecule has 0 radical (unpaired) electrons. The van der Waals surface area contributed by atoms with Gasteiger partial charge >= 0.3 is 5.97 Å². The lowest BCUT2D eigenvalue weighted by Crippen LogP contribution is -2.18. The van der Waals surface area contributed by atoms with Crippen molar-refractivity contribution < 1.29 is 14.3 Å². The Morgan fingerprint density at radius 2 is 1.59 bits per heavy atom. The monoisotopic (exact) mass is 302 g/mol. The van der Waals surface area contributed by atoms with Gasteiger partial charge < -0.3 is 4.74 Å². The Morgan fingerprint density at radius 1 is 0.955 bits per heavy atom. The van der Waals surface area contributed by atoms with Gasteiger partial charge in [-0.3, -0.25) is 4.79 Å². The maximum atomic E-state index is 11.8. The first-order chi connectivity index (χ1) is 10.8. The number of ether oxygens (including phenoxy) is 1. The van der Waals surface area contributed by atoms with Crippen molar-refractivity contribution in [1.29, 1.82) is 0 Å². The Kier molecular flexibility index (Phi) is 9.67. The first kappa shape index (κ1) is 18.1. The fourth-order valence-corrected chi connectivity index (χ4v) is 2.18. The summed E-state index contributed by atoms with van der Waals surface area (Å²) in [5, 5.41) is 0. The molecule has 0 amide bonds. The third-order valence-electron chi connectivity index (χ3n) is 3.46. The highest BCUT2D eigenvalue weighted by Gasteiger charge is 2.16. The number of allylic oxidation sites excluding steroid dienone is 2. The molecule has 1 rings (SSSR count). The van der Waals surface area contributed by atoms with E-state index in [-0.39, 0.29) is 0 Å². The van der Waals surface area contributed by atoms with Gasteiger partial charge in [0, 0.05) is 5.56 Å². The average molecular weight is 302 g/mol. The van der Waals surface area contributed by atoms with Crippen LogP contribution in [0.3, 0.4) is 0 Å². The van der Waals surface area contributed by atoms with Crippen LogP contribution in [0.5, 0.6) is 0 Å². The molecule has 0 fully saturated rings. The minimum atomic E-state index is -0.752. The largest absolute Gasteiger partial charge is 0.460 e. The Bertz CT molecular complexity index is 463. The van der Waals surface area contributed by atoms with Crippen molar-refractivity contribution in [3.05, 3.63) is 48.0 Å². The lowest BCUT2D eigenvalue weighted by molar-refractivity contribution is -0.138. The van der Waals surface area contributed by atoms with Gasteiger partial charge in [0.15, 0.2) is 0 Å². The third-order valence-corrected chi connectivity index (χ3v) is 3.46. The van der Waals surface area contributed by atoms with Crippen molar-refractivity contribution in [2.45, 2.75) is 51.9 Å². The molecule has 0 aliphatic heterocycles. The van der Waals surface area contributed by atoms with Gasteiger partial charge in [0.2, 0.25) is 0 Å². The molecule has 0 N–H and O–H groups in total. The lowest BCUT2D eigenvalue weighted by Gasteiger charge is -2.04. The topological polar surface area (TPSA) is 43.4 Å². The zero-order chi connectivity index (χ0) is 16.0. The number of rotatable bonds is 11. The molecule has 0 atom stereocenters. The molecule has 0 unspecified atom stereocenters. The molecule has 1 aromatic rings. The molecule has 0 spiro atoms. The minimum absolute atomic E-state index is 0.329. The van der Waals surface area contributed by atoms with Crippen LogP contribution in [0.4, 0.5) is 0 Å². The van der Waals surface area contributed by atoms with E-state index in [2.05, 4.69) is 12.2 Å². The lowest BCUT2D eigenvalue weighted by atomic mass is 10.1. The molecule has 0 aromatic heterocycles. The smallest absolute Gasteiger partial charge is 0.379 e. The van der Waals surface area contributed by atoms with E-state index in [0.717, 1.165) is 25.7 Å². The number of ketones is 1. The third kappa shape index (κ3) is 7.77. The van der Waals surface area contributed by atoms with Crippen LogP contribution in [0.2, 0.25) is 0 Å². The molecule has 120 valence electrons. The number of hydrogen-bond donors (Lipinski definition) is 0. The van der Waals surface area contributed by atoms with Crippen molar-refractivity contribution in [3.8, 4) is 0 Å². The van der Waals surface area contributed by atoms with E-state index >= 15 is 0 Å². The van der Waals surface area contributed by atoms with Gasteiger partial charge in [-0.05, 0) is 26.2 Å². The van der Waals surface area contributed by atoms with E-state index in [4.69, 9.17) is 4.74 Å². The Hall–Kier alpha value is -1.90. The molecule has 3 nitrogen and oxygen atoms in total. The molecule has 0 bridgehead atoms. The Balaban J connectivity index is 2.02. The number of esters is 1. The number of Topliss-reactive ketones (excluding diaryl/α,β-unsaturated/α-hetero) is 1. The Morgan fingerprint density at radius 3 is 2.27 bits per heavy atom. The first-order valence-electron chi connectivity index (χ1n) is 8.13. The predicted octanol–water partition coefficient (Wildman–Crippen LogP) is 4.72. The normalized spacial score (nSPS) is 10.8. The van der Waals surface area contributed by atoms with Crippen LogP contribution < -0.4 is 0 Å². The quantitative estimate of drug-likeness (QED) is 0.195. The summed E-state index contributed by atoms with van der Waals surface area (Å²) in [4.78, 5) is 23.4. The van der Waals surface area contributed by atoms with Crippen molar-refractivity contribution in [2.24, 2.45) is 0 Å². The van der Waals surface area contributed by atoms with Crippen LogP contribution in [0.15, 0.2) is 42.5 Å².